The first-order valence-corrected chi connectivity index (χ1v) is 7.24. The van der Waals surface area contributed by atoms with Gasteiger partial charge in [0.25, 0.3) is 0 Å². The van der Waals surface area contributed by atoms with Gasteiger partial charge in [0.05, 0.1) is 11.4 Å². The molecule has 0 bridgehead atoms. The predicted octanol–water partition coefficient (Wildman–Crippen LogP) is 3.46. The smallest absolute Gasteiger partial charge is 0.224 e. The maximum Gasteiger partial charge on any atom is 0.224 e. The van der Waals surface area contributed by atoms with Crippen molar-refractivity contribution in [3.8, 4) is 0 Å². The Morgan fingerprint density at radius 3 is 2.81 bits per heavy atom. The Balaban J connectivity index is 1.94. The summed E-state index contributed by atoms with van der Waals surface area (Å²) in [5, 5.41) is 6.28. The first-order valence-electron chi connectivity index (χ1n) is 7.24. The van der Waals surface area contributed by atoms with E-state index in [-0.39, 0.29) is 5.91 Å². The van der Waals surface area contributed by atoms with E-state index in [4.69, 9.17) is 5.73 Å². The van der Waals surface area contributed by atoms with Gasteiger partial charge in [0.1, 0.15) is 0 Å². The molecule has 4 N–H and O–H groups in total. The molecule has 21 heavy (non-hydrogen) atoms. The van der Waals surface area contributed by atoms with E-state index in [2.05, 4.69) is 29.7 Å². The summed E-state index contributed by atoms with van der Waals surface area (Å²) in [4.78, 5) is 11.4. The lowest BCUT2D eigenvalue weighted by molar-refractivity contribution is -0.116. The van der Waals surface area contributed by atoms with Crippen LogP contribution in [0.5, 0.6) is 0 Å². The Hall–Kier alpha value is -2.49. The number of carbonyl (C=O) groups excluding carboxylic acids is 1. The normalized spacial score (nSPS) is 13.5. The molecule has 3 rings (SSSR count). The molecule has 1 amide bonds. The lowest BCUT2D eigenvalue weighted by Crippen LogP contribution is -2.19. The highest BCUT2D eigenvalue weighted by atomic mass is 16.1. The lowest BCUT2D eigenvalue weighted by atomic mass is 10.0. The molecular formula is C17H19N3O. The van der Waals surface area contributed by atoms with Crippen LogP contribution in [0.1, 0.15) is 24.5 Å². The number of nitrogens with two attached hydrogens (primary N) is 1. The molecular weight excluding hydrogens is 262 g/mol. The van der Waals surface area contributed by atoms with Gasteiger partial charge in [-0.15, -0.1) is 0 Å². The third kappa shape index (κ3) is 2.70. The molecule has 108 valence electrons. The summed E-state index contributed by atoms with van der Waals surface area (Å²) < 4.78 is 0. The molecule has 0 unspecified atom stereocenters. The van der Waals surface area contributed by atoms with E-state index in [0.29, 0.717) is 12.1 Å². The zero-order valence-electron chi connectivity index (χ0n) is 12.1. The first-order chi connectivity index (χ1) is 10.2. The number of hydrogen-bond acceptors (Lipinski definition) is 3. The second kappa shape index (κ2) is 5.48. The number of hydrogen-bond donors (Lipinski definition) is 3. The van der Waals surface area contributed by atoms with Crippen LogP contribution in [0, 0.1) is 0 Å². The number of benzene rings is 2. The summed E-state index contributed by atoms with van der Waals surface area (Å²) in [7, 11) is 0. The Morgan fingerprint density at radius 1 is 1.19 bits per heavy atom. The van der Waals surface area contributed by atoms with Gasteiger partial charge in [0.15, 0.2) is 0 Å². The molecule has 0 atom stereocenters. The highest BCUT2D eigenvalue weighted by Gasteiger charge is 2.17. The van der Waals surface area contributed by atoms with E-state index in [1.54, 1.807) is 0 Å². The van der Waals surface area contributed by atoms with E-state index in [1.165, 1.54) is 5.56 Å². The maximum atomic E-state index is 11.4. The molecule has 0 saturated heterocycles. The van der Waals surface area contributed by atoms with Crippen molar-refractivity contribution >= 4 is 28.7 Å². The number of nitrogen functional groups attached to an aromatic ring is 1. The van der Waals surface area contributed by atoms with E-state index in [1.807, 2.05) is 24.3 Å². The third-order valence-electron chi connectivity index (χ3n) is 3.84. The minimum absolute atomic E-state index is 0.0546. The van der Waals surface area contributed by atoms with Gasteiger partial charge in [0.2, 0.25) is 5.91 Å². The zero-order chi connectivity index (χ0) is 14.8. The standard InChI is InChI=1S/C17H19N3O/c1-2-11-5-3-4-6-14(11)19-16-9-12-7-8-17(21)20-15(12)10-13(16)18/h3-6,9-10,19H,2,7-8,18H2,1H3,(H,20,21). The SMILES string of the molecule is CCc1ccccc1Nc1cc2c(cc1N)NC(=O)CC2. The Morgan fingerprint density at radius 2 is 2.00 bits per heavy atom. The minimum atomic E-state index is 0.0546. The van der Waals surface area contributed by atoms with E-state index >= 15 is 0 Å². The van der Waals surface area contributed by atoms with Crippen LogP contribution in [0.2, 0.25) is 0 Å². The van der Waals surface area contributed by atoms with Crippen molar-refractivity contribution in [3.05, 3.63) is 47.5 Å². The Kier molecular flexibility index (Phi) is 3.52. The predicted molar refractivity (Wildman–Crippen MR) is 86.9 cm³/mol. The van der Waals surface area contributed by atoms with Gasteiger partial charge in [-0.2, -0.15) is 0 Å². The Bertz CT molecular complexity index is 694. The molecule has 2 aromatic rings. The highest BCUT2D eigenvalue weighted by molar-refractivity contribution is 5.95. The van der Waals surface area contributed by atoms with Gasteiger partial charge in [-0.25, -0.2) is 0 Å². The van der Waals surface area contributed by atoms with E-state index < -0.39 is 0 Å². The highest BCUT2D eigenvalue weighted by Crippen LogP contribution is 2.33. The molecule has 0 aliphatic carbocycles. The number of carbonyl (C=O) groups is 1. The zero-order valence-corrected chi connectivity index (χ0v) is 12.1. The van der Waals surface area contributed by atoms with Crippen LogP contribution in [-0.4, -0.2) is 5.91 Å². The van der Waals surface area contributed by atoms with E-state index in [9.17, 15) is 4.79 Å². The Labute approximate surface area is 124 Å². The molecule has 0 saturated carbocycles. The summed E-state index contributed by atoms with van der Waals surface area (Å²) in [6, 6.07) is 12.1. The number of nitrogens with one attached hydrogen (secondary N) is 2. The molecule has 0 aromatic heterocycles. The van der Waals surface area contributed by atoms with Crippen LogP contribution in [-0.2, 0) is 17.6 Å². The van der Waals surface area contributed by atoms with Crippen LogP contribution in [0.3, 0.4) is 0 Å². The van der Waals surface area contributed by atoms with Crippen LogP contribution >= 0.6 is 0 Å². The molecule has 4 heteroatoms. The van der Waals surface area contributed by atoms with Gasteiger partial charge in [-0.05, 0) is 42.2 Å². The van der Waals surface area contributed by atoms with Crippen molar-refractivity contribution in [1.82, 2.24) is 0 Å². The molecule has 0 spiro atoms. The molecule has 2 aromatic carbocycles. The average Bonchev–Trinajstić information content (AvgIpc) is 2.49. The second-order valence-electron chi connectivity index (χ2n) is 5.28. The number of amides is 1. The van der Waals surface area contributed by atoms with Crippen LogP contribution in [0.25, 0.3) is 0 Å². The number of rotatable bonds is 3. The molecule has 0 radical (unpaired) electrons. The number of fused-ring (bicyclic) bond motifs is 1. The van der Waals surface area contributed by atoms with Crippen molar-refractivity contribution < 1.29 is 4.79 Å². The van der Waals surface area contributed by atoms with Crippen LogP contribution < -0.4 is 16.4 Å². The van der Waals surface area contributed by atoms with Gasteiger partial charge >= 0.3 is 0 Å². The first kappa shape index (κ1) is 13.5. The summed E-state index contributed by atoms with van der Waals surface area (Å²) >= 11 is 0. The summed E-state index contributed by atoms with van der Waals surface area (Å²) in [6.07, 6.45) is 2.25. The van der Waals surface area contributed by atoms with Gasteiger partial charge in [-0.3, -0.25) is 4.79 Å². The van der Waals surface area contributed by atoms with Crippen molar-refractivity contribution in [2.75, 3.05) is 16.4 Å². The molecule has 4 nitrogen and oxygen atoms in total. The van der Waals surface area contributed by atoms with Crippen LogP contribution in [0.4, 0.5) is 22.7 Å². The number of para-hydroxylation sites is 1. The van der Waals surface area contributed by atoms with Crippen molar-refractivity contribution in [2.45, 2.75) is 26.2 Å². The summed E-state index contributed by atoms with van der Waals surface area (Å²) in [5.41, 5.74) is 11.9. The minimum Gasteiger partial charge on any atom is -0.397 e. The van der Waals surface area contributed by atoms with Gasteiger partial charge in [0, 0.05) is 17.8 Å². The van der Waals surface area contributed by atoms with Crippen LogP contribution in [0.15, 0.2) is 36.4 Å². The molecule has 1 aliphatic heterocycles. The van der Waals surface area contributed by atoms with E-state index in [0.717, 1.165) is 35.5 Å². The summed E-state index contributed by atoms with van der Waals surface area (Å²) in [6.45, 7) is 2.13. The molecule has 1 aliphatic rings. The number of aryl methyl sites for hydroxylation is 2. The van der Waals surface area contributed by atoms with Crippen molar-refractivity contribution in [2.24, 2.45) is 0 Å². The average molecular weight is 281 g/mol. The fraction of sp³-hybridized carbons (Fsp3) is 0.235. The van der Waals surface area contributed by atoms with Gasteiger partial charge < -0.3 is 16.4 Å². The van der Waals surface area contributed by atoms with Gasteiger partial charge in [-0.1, -0.05) is 25.1 Å². The number of anilines is 4. The monoisotopic (exact) mass is 281 g/mol. The fourth-order valence-corrected chi connectivity index (χ4v) is 2.65. The molecule has 0 fully saturated rings. The largest absolute Gasteiger partial charge is 0.397 e. The van der Waals surface area contributed by atoms with Crippen molar-refractivity contribution in [3.63, 3.8) is 0 Å². The lowest BCUT2D eigenvalue weighted by Gasteiger charge is -2.20. The maximum absolute atomic E-state index is 11.4. The second-order valence-corrected chi connectivity index (χ2v) is 5.28. The fourth-order valence-electron chi connectivity index (χ4n) is 2.65. The topological polar surface area (TPSA) is 67.2 Å². The summed E-state index contributed by atoms with van der Waals surface area (Å²) in [5.74, 6) is 0.0546. The molecule has 1 heterocycles. The van der Waals surface area contributed by atoms with Crippen molar-refractivity contribution in [1.29, 1.82) is 0 Å². The third-order valence-corrected chi connectivity index (χ3v) is 3.84. The quantitative estimate of drug-likeness (QED) is 0.755.